The maximum atomic E-state index is 5.81. The summed E-state index contributed by atoms with van der Waals surface area (Å²) in [7, 11) is 0. The average Bonchev–Trinajstić information content (AvgIpc) is 2.82. The molecule has 5 heteroatoms. The first-order chi connectivity index (χ1) is 8.84. The second-order valence-corrected chi connectivity index (χ2v) is 3.88. The molecule has 0 saturated heterocycles. The fourth-order valence-electron chi connectivity index (χ4n) is 1.75. The molecule has 90 valence electrons. The van der Waals surface area contributed by atoms with Crippen LogP contribution in [0.3, 0.4) is 0 Å². The molecule has 3 rings (SSSR count). The summed E-state index contributed by atoms with van der Waals surface area (Å²) in [4.78, 5) is 0. The van der Waals surface area contributed by atoms with E-state index in [-0.39, 0.29) is 0 Å². The molecule has 18 heavy (non-hydrogen) atoms. The Hall–Kier alpha value is -2.56. The molecule has 0 unspecified atom stereocenters. The van der Waals surface area contributed by atoms with Crippen molar-refractivity contribution in [2.75, 3.05) is 5.73 Å². The highest BCUT2D eigenvalue weighted by molar-refractivity contribution is 5.63. The normalized spacial score (nSPS) is 10.7. The molecule has 0 aliphatic carbocycles. The lowest BCUT2D eigenvalue weighted by Crippen LogP contribution is -2.01. The number of benzene rings is 1. The van der Waals surface area contributed by atoms with Gasteiger partial charge in [0.15, 0.2) is 11.5 Å². The van der Waals surface area contributed by atoms with E-state index in [0.29, 0.717) is 17.9 Å². The van der Waals surface area contributed by atoms with Crippen LogP contribution in [-0.2, 0) is 6.61 Å². The van der Waals surface area contributed by atoms with Gasteiger partial charge in [-0.3, -0.25) is 4.40 Å². The number of pyridine rings is 1. The fourth-order valence-corrected chi connectivity index (χ4v) is 1.75. The number of rotatable bonds is 3. The van der Waals surface area contributed by atoms with Crippen molar-refractivity contribution in [3.05, 3.63) is 54.5 Å². The van der Waals surface area contributed by atoms with Crippen molar-refractivity contribution in [2.24, 2.45) is 0 Å². The maximum absolute atomic E-state index is 5.81. The van der Waals surface area contributed by atoms with Crippen LogP contribution < -0.4 is 10.5 Å². The van der Waals surface area contributed by atoms with Gasteiger partial charge < -0.3 is 10.5 Å². The number of fused-ring (bicyclic) bond motifs is 1. The molecule has 2 heterocycles. The molecule has 0 fully saturated rings. The quantitative estimate of drug-likeness (QED) is 0.759. The number of nitrogens with two attached hydrogens (primary N) is 1. The summed E-state index contributed by atoms with van der Waals surface area (Å²) in [6.45, 7) is 0.356. The zero-order valence-corrected chi connectivity index (χ0v) is 9.65. The predicted octanol–water partition coefficient (Wildman–Crippen LogP) is 1.89. The molecule has 2 aromatic heterocycles. The molecule has 0 saturated carbocycles. The fraction of sp³-hybridized carbons (Fsp3) is 0.0769. The molecule has 0 atom stereocenters. The molecule has 0 spiro atoms. The molecule has 5 nitrogen and oxygen atoms in total. The zero-order chi connectivity index (χ0) is 12.4. The first-order valence-electron chi connectivity index (χ1n) is 5.60. The second kappa shape index (κ2) is 4.37. The Morgan fingerprint density at radius 3 is 2.72 bits per heavy atom. The number of ether oxygens (including phenoxy) is 1. The maximum Gasteiger partial charge on any atom is 0.184 e. The zero-order valence-electron chi connectivity index (χ0n) is 9.65. The number of aromatic nitrogens is 3. The van der Waals surface area contributed by atoms with Crippen LogP contribution in [0.4, 0.5) is 5.69 Å². The molecular weight excluding hydrogens is 228 g/mol. The molecule has 1 aromatic carbocycles. The predicted molar refractivity (Wildman–Crippen MR) is 68.2 cm³/mol. The SMILES string of the molecule is Nc1cccn2c(COc3ccccc3)nnc12. The Bertz CT molecular complexity index is 663. The van der Waals surface area contributed by atoms with Crippen LogP contribution in [0.5, 0.6) is 5.75 Å². The molecule has 0 radical (unpaired) electrons. The number of nitrogens with zero attached hydrogens (tertiary/aromatic N) is 3. The van der Waals surface area contributed by atoms with E-state index in [9.17, 15) is 0 Å². The first kappa shape index (κ1) is 10.6. The summed E-state index contributed by atoms with van der Waals surface area (Å²) in [5.74, 6) is 1.53. The highest BCUT2D eigenvalue weighted by Gasteiger charge is 2.07. The van der Waals surface area contributed by atoms with Gasteiger partial charge >= 0.3 is 0 Å². The Kier molecular flexibility index (Phi) is 2.57. The van der Waals surface area contributed by atoms with Crippen molar-refractivity contribution in [3.63, 3.8) is 0 Å². The van der Waals surface area contributed by atoms with Gasteiger partial charge in [0.05, 0.1) is 5.69 Å². The van der Waals surface area contributed by atoms with E-state index in [0.717, 1.165) is 11.6 Å². The van der Waals surface area contributed by atoms with Gasteiger partial charge in [-0.15, -0.1) is 10.2 Å². The summed E-state index contributed by atoms with van der Waals surface area (Å²) in [5, 5.41) is 8.12. The monoisotopic (exact) mass is 240 g/mol. The van der Waals surface area contributed by atoms with Crippen molar-refractivity contribution < 1.29 is 4.74 Å². The Morgan fingerprint density at radius 1 is 1.06 bits per heavy atom. The molecule has 0 aliphatic heterocycles. The van der Waals surface area contributed by atoms with E-state index >= 15 is 0 Å². The van der Waals surface area contributed by atoms with Crippen LogP contribution in [0.15, 0.2) is 48.7 Å². The summed E-state index contributed by atoms with van der Waals surface area (Å²) in [6, 6.07) is 13.3. The smallest absolute Gasteiger partial charge is 0.184 e. The van der Waals surface area contributed by atoms with Crippen LogP contribution in [0.2, 0.25) is 0 Å². The number of anilines is 1. The number of nitrogen functional groups attached to an aromatic ring is 1. The Morgan fingerprint density at radius 2 is 1.89 bits per heavy atom. The summed E-state index contributed by atoms with van der Waals surface area (Å²) in [5.41, 5.74) is 7.08. The van der Waals surface area contributed by atoms with Gasteiger partial charge in [0.25, 0.3) is 0 Å². The third kappa shape index (κ3) is 1.86. The van der Waals surface area contributed by atoms with Crippen molar-refractivity contribution >= 4 is 11.3 Å². The van der Waals surface area contributed by atoms with Gasteiger partial charge in [-0.2, -0.15) is 0 Å². The van der Waals surface area contributed by atoms with Gasteiger partial charge in [-0.25, -0.2) is 0 Å². The van der Waals surface area contributed by atoms with Crippen molar-refractivity contribution in [1.82, 2.24) is 14.6 Å². The minimum Gasteiger partial charge on any atom is -0.486 e. The lowest BCUT2D eigenvalue weighted by Gasteiger charge is -2.04. The largest absolute Gasteiger partial charge is 0.486 e. The van der Waals surface area contributed by atoms with E-state index in [1.165, 1.54) is 0 Å². The van der Waals surface area contributed by atoms with Gasteiger partial charge in [-0.1, -0.05) is 18.2 Å². The van der Waals surface area contributed by atoms with Crippen LogP contribution in [0.1, 0.15) is 5.82 Å². The topological polar surface area (TPSA) is 65.4 Å². The van der Waals surface area contributed by atoms with Crippen LogP contribution >= 0.6 is 0 Å². The van der Waals surface area contributed by atoms with Gasteiger partial charge in [-0.05, 0) is 24.3 Å². The van der Waals surface area contributed by atoms with Crippen LogP contribution in [0.25, 0.3) is 5.65 Å². The molecule has 0 aliphatic rings. The van der Waals surface area contributed by atoms with Gasteiger partial charge in [0, 0.05) is 6.20 Å². The van der Waals surface area contributed by atoms with Gasteiger partial charge in [0.2, 0.25) is 0 Å². The number of para-hydroxylation sites is 1. The molecule has 2 N–H and O–H groups in total. The van der Waals surface area contributed by atoms with E-state index in [2.05, 4.69) is 10.2 Å². The number of hydrogen-bond acceptors (Lipinski definition) is 4. The second-order valence-electron chi connectivity index (χ2n) is 3.88. The Balaban J connectivity index is 1.85. The minimum atomic E-state index is 0.356. The lowest BCUT2D eigenvalue weighted by molar-refractivity contribution is 0.294. The highest BCUT2D eigenvalue weighted by atomic mass is 16.5. The highest BCUT2D eigenvalue weighted by Crippen LogP contribution is 2.14. The number of hydrogen-bond donors (Lipinski definition) is 1. The Labute approximate surface area is 104 Å². The summed E-state index contributed by atoms with van der Waals surface area (Å²) < 4.78 is 7.47. The van der Waals surface area contributed by atoms with Gasteiger partial charge in [0.1, 0.15) is 12.4 Å². The van der Waals surface area contributed by atoms with Crippen LogP contribution in [-0.4, -0.2) is 14.6 Å². The average molecular weight is 240 g/mol. The molecular formula is C13H12N4O. The first-order valence-corrected chi connectivity index (χ1v) is 5.60. The lowest BCUT2D eigenvalue weighted by atomic mass is 10.3. The summed E-state index contributed by atoms with van der Waals surface area (Å²) >= 11 is 0. The minimum absolute atomic E-state index is 0.356. The summed E-state index contributed by atoms with van der Waals surface area (Å²) in [6.07, 6.45) is 1.87. The van der Waals surface area contributed by atoms with Crippen LogP contribution in [0, 0.1) is 0 Å². The third-order valence-electron chi connectivity index (χ3n) is 2.65. The van der Waals surface area contributed by atoms with Crippen molar-refractivity contribution in [3.8, 4) is 5.75 Å². The third-order valence-corrected chi connectivity index (χ3v) is 2.65. The van der Waals surface area contributed by atoms with E-state index in [1.807, 2.05) is 47.0 Å². The van der Waals surface area contributed by atoms with Crippen molar-refractivity contribution in [2.45, 2.75) is 6.61 Å². The van der Waals surface area contributed by atoms with E-state index in [4.69, 9.17) is 10.5 Å². The van der Waals surface area contributed by atoms with E-state index in [1.54, 1.807) is 6.07 Å². The van der Waals surface area contributed by atoms with E-state index < -0.39 is 0 Å². The standard InChI is InChI=1S/C13H12N4O/c14-11-7-4-8-17-12(15-16-13(11)17)9-18-10-5-2-1-3-6-10/h1-8H,9,14H2. The molecule has 0 amide bonds. The molecule has 3 aromatic rings. The van der Waals surface area contributed by atoms with Crippen molar-refractivity contribution in [1.29, 1.82) is 0 Å². The molecule has 0 bridgehead atoms.